The van der Waals surface area contributed by atoms with E-state index in [-0.39, 0.29) is 15.9 Å². The Morgan fingerprint density at radius 1 is 0.906 bits per heavy atom. The monoisotopic (exact) mass is 579 g/mol. The molecule has 0 aliphatic rings. The summed E-state index contributed by atoms with van der Waals surface area (Å²) in [6.07, 6.45) is 0. The molecule has 3 rings (SSSR count). The van der Waals surface area contributed by atoms with Crippen LogP contribution in [0.4, 0.5) is 11.4 Å². The van der Waals surface area contributed by atoms with Crippen LogP contribution in [0, 0.1) is 24.3 Å². The molecule has 0 saturated carbocycles. The van der Waals surface area contributed by atoms with Crippen molar-refractivity contribution in [1.29, 1.82) is 0 Å². The highest BCUT2D eigenvalue weighted by atomic mass is 127. The van der Waals surface area contributed by atoms with E-state index in [4.69, 9.17) is 12.2 Å². The predicted octanol–water partition coefficient (Wildman–Crippen LogP) is 5.14. The first-order valence-electron chi connectivity index (χ1n) is 9.64. The van der Waals surface area contributed by atoms with Gasteiger partial charge in [0.1, 0.15) is 0 Å². The minimum Gasteiger partial charge on any atom is -0.332 e. The van der Waals surface area contributed by atoms with Crippen molar-refractivity contribution in [1.82, 2.24) is 5.32 Å². The van der Waals surface area contributed by atoms with Crippen LogP contribution in [-0.2, 0) is 10.0 Å². The van der Waals surface area contributed by atoms with Crippen molar-refractivity contribution >= 4 is 67.2 Å². The summed E-state index contributed by atoms with van der Waals surface area (Å²) < 4.78 is 29.0. The van der Waals surface area contributed by atoms with Gasteiger partial charge < -0.3 is 5.32 Å². The summed E-state index contributed by atoms with van der Waals surface area (Å²) in [5.74, 6) is -0.322. The van der Waals surface area contributed by atoms with Gasteiger partial charge in [-0.15, -0.1) is 0 Å². The van der Waals surface area contributed by atoms with Crippen LogP contribution >= 0.6 is 34.8 Å². The highest BCUT2D eigenvalue weighted by Gasteiger charge is 2.16. The number of hydrogen-bond donors (Lipinski definition) is 3. The molecule has 0 radical (unpaired) electrons. The number of aryl methyl sites for hydroxylation is 3. The molecule has 3 aromatic carbocycles. The Labute approximate surface area is 207 Å². The number of halogens is 1. The van der Waals surface area contributed by atoms with Crippen molar-refractivity contribution in [3.05, 3.63) is 86.5 Å². The quantitative estimate of drug-likeness (QED) is 0.288. The van der Waals surface area contributed by atoms with Crippen LogP contribution in [0.3, 0.4) is 0 Å². The lowest BCUT2D eigenvalue weighted by Gasteiger charge is -2.13. The van der Waals surface area contributed by atoms with Crippen LogP contribution in [0.5, 0.6) is 0 Å². The smallest absolute Gasteiger partial charge is 0.261 e. The van der Waals surface area contributed by atoms with Gasteiger partial charge in [-0.1, -0.05) is 23.8 Å². The molecular formula is C23H22IN3O3S2. The maximum atomic E-state index is 12.7. The Kier molecular flexibility index (Phi) is 7.52. The van der Waals surface area contributed by atoms with Crippen LogP contribution < -0.4 is 15.4 Å². The van der Waals surface area contributed by atoms with E-state index in [1.807, 2.05) is 39.0 Å². The van der Waals surface area contributed by atoms with Gasteiger partial charge in [0, 0.05) is 14.8 Å². The van der Waals surface area contributed by atoms with Crippen LogP contribution in [-0.4, -0.2) is 19.4 Å². The first-order valence-corrected chi connectivity index (χ1v) is 12.6. The van der Waals surface area contributed by atoms with Gasteiger partial charge in [0.2, 0.25) is 0 Å². The van der Waals surface area contributed by atoms with Gasteiger partial charge in [-0.05, 0) is 109 Å². The molecule has 0 saturated heterocycles. The third-order valence-electron chi connectivity index (χ3n) is 4.71. The zero-order chi connectivity index (χ0) is 23.5. The van der Waals surface area contributed by atoms with E-state index in [2.05, 4.69) is 37.9 Å². The molecule has 0 atom stereocenters. The zero-order valence-corrected chi connectivity index (χ0v) is 21.5. The Morgan fingerprint density at radius 2 is 1.59 bits per heavy atom. The predicted molar refractivity (Wildman–Crippen MR) is 141 cm³/mol. The maximum absolute atomic E-state index is 12.7. The van der Waals surface area contributed by atoms with Crippen molar-refractivity contribution in [3.63, 3.8) is 0 Å². The summed E-state index contributed by atoms with van der Waals surface area (Å²) in [4.78, 5) is 12.5. The highest BCUT2D eigenvalue weighted by Crippen LogP contribution is 2.22. The van der Waals surface area contributed by atoms with Crippen LogP contribution in [0.15, 0.2) is 65.6 Å². The molecule has 9 heteroatoms. The summed E-state index contributed by atoms with van der Waals surface area (Å²) in [5.41, 5.74) is 4.58. The number of rotatable bonds is 5. The second-order valence-corrected chi connectivity index (χ2v) is 10.6. The van der Waals surface area contributed by atoms with E-state index in [0.717, 1.165) is 20.3 Å². The number of hydrogen-bond acceptors (Lipinski definition) is 4. The fourth-order valence-corrected chi connectivity index (χ4v) is 4.78. The third-order valence-corrected chi connectivity index (χ3v) is 7.46. The minimum atomic E-state index is -3.74. The fourth-order valence-electron chi connectivity index (χ4n) is 2.92. The van der Waals surface area contributed by atoms with Crippen LogP contribution in [0.2, 0.25) is 0 Å². The van der Waals surface area contributed by atoms with Crippen LogP contribution in [0.1, 0.15) is 27.0 Å². The van der Waals surface area contributed by atoms with Crippen LogP contribution in [0.25, 0.3) is 0 Å². The number of sulfonamides is 1. The molecule has 0 spiro atoms. The SMILES string of the molecule is Cc1ccc(NS(=O)(=O)c2ccc(NC(=S)NC(=O)c3ccc(C)c(I)c3)cc2)c(C)c1. The van der Waals surface area contributed by atoms with Gasteiger partial charge in [-0.2, -0.15) is 0 Å². The molecule has 6 nitrogen and oxygen atoms in total. The number of benzene rings is 3. The Balaban J connectivity index is 1.65. The Morgan fingerprint density at radius 3 is 2.22 bits per heavy atom. The third kappa shape index (κ3) is 6.05. The van der Waals surface area contributed by atoms with Crippen molar-refractivity contribution in [2.24, 2.45) is 0 Å². The minimum absolute atomic E-state index is 0.118. The lowest BCUT2D eigenvalue weighted by molar-refractivity contribution is 0.0977. The second-order valence-electron chi connectivity index (χ2n) is 7.32. The van der Waals surface area contributed by atoms with Gasteiger partial charge in [-0.25, -0.2) is 8.42 Å². The molecule has 0 aromatic heterocycles. The lowest BCUT2D eigenvalue weighted by atomic mass is 10.1. The summed E-state index contributed by atoms with van der Waals surface area (Å²) in [7, 11) is -3.74. The molecule has 0 unspecified atom stereocenters. The standard InChI is InChI=1S/C23H22IN3O3S2/c1-14-4-11-21(16(3)12-14)27-32(29,30)19-9-7-18(8-10-19)25-23(31)26-22(28)17-6-5-15(2)20(24)13-17/h4-13,27H,1-3H3,(H2,25,26,28,31). The average Bonchev–Trinajstić information content (AvgIpc) is 2.72. The van der Waals surface area contributed by atoms with Gasteiger partial charge in [-0.3, -0.25) is 14.8 Å². The molecule has 0 bridgehead atoms. The average molecular weight is 579 g/mol. The molecule has 0 aliphatic carbocycles. The fraction of sp³-hybridized carbons (Fsp3) is 0.130. The molecule has 166 valence electrons. The summed E-state index contributed by atoms with van der Waals surface area (Å²) in [6, 6.07) is 17.0. The van der Waals surface area contributed by atoms with Gasteiger partial charge >= 0.3 is 0 Å². The number of carbonyl (C=O) groups excluding carboxylic acids is 1. The highest BCUT2D eigenvalue weighted by molar-refractivity contribution is 14.1. The van der Waals surface area contributed by atoms with E-state index in [0.29, 0.717) is 16.9 Å². The molecule has 32 heavy (non-hydrogen) atoms. The normalized spacial score (nSPS) is 11.0. The second kappa shape index (κ2) is 9.97. The number of nitrogens with one attached hydrogen (secondary N) is 3. The van der Waals surface area contributed by atoms with Crippen molar-refractivity contribution in [3.8, 4) is 0 Å². The van der Waals surface area contributed by atoms with E-state index < -0.39 is 10.0 Å². The molecule has 0 fully saturated rings. The number of anilines is 2. The van der Waals surface area contributed by atoms with Gasteiger partial charge in [0.05, 0.1) is 10.6 Å². The Hall–Kier alpha value is -2.50. The molecular weight excluding hydrogens is 557 g/mol. The van der Waals surface area contributed by atoms with Crippen molar-refractivity contribution in [2.75, 3.05) is 10.0 Å². The summed E-state index contributed by atoms with van der Waals surface area (Å²) in [6.45, 7) is 5.77. The molecule has 0 aliphatic heterocycles. The number of carbonyl (C=O) groups is 1. The first-order chi connectivity index (χ1) is 15.0. The number of thiocarbonyl (C=S) groups is 1. The van der Waals surface area contributed by atoms with E-state index in [1.165, 1.54) is 12.1 Å². The maximum Gasteiger partial charge on any atom is 0.261 e. The van der Waals surface area contributed by atoms with Gasteiger partial charge in [0.25, 0.3) is 15.9 Å². The summed E-state index contributed by atoms with van der Waals surface area (Å²) in [5, 5.41) is 5.64. The zero-order valence-electron chi connectivity index (χ0n) is 17.7. The molecule has 1 amide bonds. The van der Waals surface area contributed by atoms with Gasteiger partial charge in [0.15, 0.2) is 5.11 Å². The van der Waals surface area contributed by atoms with E-state index in [9.17, 15) is 13.2 Å². The van der Waals surface area contributed by atoms with Crippen molar-refractivity contribution in [2.45, 2.75) is 25.7 Å². The number of amides is 1. The molecule has 0 heterocycles. The Bertz CT molecular complexity index is 1290. The van der Waals surface area contributed by atoms with Crippen molar-refractivity contribution < 1.29 is 13.2 Å². The first kappa shape index (κ1) is 24.1. The molecule has 3 N–H and O–H groups in total. The largest absolute Gasteiger partial charge is 0.332 e. The van der Waals surface area contributed by atoms with E-state index >= 15 is 0 Å². The topological polar surface area (TPSA) is 87.3 Å². The summed E-state index contributed by atoms with van der Waals surface area (Å²) >= 11 is 7.39. The lowest BCUT2D eigenvalue weighted by Crippen LogP contribution is -2.34. The van der Waals surface area contributed by atoms with E-state index in [1.54, 1.807) is 30.3 Å². The molecule has 3 aromatic rings.